The molecule has 0 amide bonds. The van der Waals surface area contributed by atoms with Crippen LogP contribution in [-0.4, -0.2) is 32.0 Å². The summed E-state index contributed by atoms with van der Waals surface area (Å²) in [4.78, 5) is 0. The topological polar surface area (TPSA) is 38.7 Å². The third-order valence-electron chi connectivity index (χ3n) is 4.95. The van der Waals surface area contributed by atoms with Gasteiger partial charge in [0.25, 0.3) is 0 Å². The highest BCUT2D eigenvalue weighted by atomic mass is 16.5. The highest BCUT2D eigenvalue weighted by molar-refractivity contribution is 5.38. The summed E-state index contributed by atoms with van der Waals surface area (Å²) in [7, 11) is 1.69. The van der Waals surface area contributed by atoms with Crippen LogP contribution in [0.2, 0.25) is 0 Å². The summed E-state index contributed by atoms with van der Waals surface area (Å²) in [5.41, 5.74) is 1.27. The Hall–Kier alpha value is -1.06. The van der Waals surface area contributed by atoms with Crippen molar-refractivity contribution in [2.45, 2.75) is 24.7 Å². The summed E-state index contributed by atoms with van der Waals surface area (Å²) in [5.74, 6) is 0.881. The highest BCUT2D eigenvalue weighted by Crippen LogP contribution is 2.58. The lowest BCUT2D eigenvalue weighted by Crippen LogP contribution is -2.63. The molecule has 1 aromatic carbocycles. The fourth-order valence-electron chi connectivity index (χ4n) is 3.40. The maximum absolute atomic E-state index is 9.84. The Morgan fingerprint density at radius 2 is 2.11 bits per heavy atom. The molecular formula is C15H20O3. The quantitative estimate of drug-likeness (QED) is 0.887. The molecule has 3 nitrogen and oxygen atoms in total. The number of aliphatic hydroxyl groups is 1. The zero-order valence-electron chi connectivity index (χ0n) is 10.8. The molecule has 1 heterocycles. The Morgan fingerprint density at radius 1 is 1.33 bits per heavy atom. The number of aliphatic hydroxyl groups excluding tert-OH is 1. The van der Waals surface area contributed by atoms with E-state index >= 15 is 0 Å². The van der Waals surface area contributed by atoms with Crippen LogP contribution in [0.15, 0.2) is 24.3 Å². The van der Waals surface area contributed by atoms with Gasteiger partial charge in [-0.15, -0.1) is 0 Å². The molecule has 0 bridgehead atoms. The lowest BCUT2D eigenvalue weighted by atomic mass is 9.50. The molecule has 3 heteroatoms. The fourth-order valence-corrected chi connectivity index (χ4v) is 3.40. The van der Waals surface area contributed by atoms with Crippen LogP contribution in [0.25, 0.3) is 0 Å². The number of rotatable bonds is 4. The maximum atomic E-state index is 9.84. The minimum absolute atomic E-state index is 0.00542. The normalized spacial score (nSPS) is 23.9. The molecule has 1 aromatic rings. The second kappa shape index (κ2) is 4.25. The summed E-state index contributed by atoms with van der Waals surface area (Å²) >= 11 is 0. The lowest BCUT2D eigenvalue weighted by Gasteiger charge is -2.59. The predicted octanol–water partition coefficient (Wildman–Crippen LogP) is 2.13. The van der Waals surface area contributed by atoms with Gasteiger partial charge in [-0.2, -0.15) is 0 Å². The number of methoxy groups -OCH3 is 1. The van der Waals surface area contributed by atoms with E-state index in [0.29, 0.717) is 0 Å². The van der Waals surface area contributed by atoms with Gasteiger partial charge in [-0.25, -0.2) is 0 Å². The van der Waals surface area contributed by atoms with E-state index in [2.05, 4.69) is 12.1 Å². The summed E-state index contributed by atoms with van der Waals surface area (Å²) in [6, 6.07) is 8.22. The molecule has 0 spiro atoms. The van der Waals surface area contributed by atoms with Gasteiger partial charge in [0.1, 0.15) is 5.75 Å². The van der Waals surface area contributed by atoms with Gasteiger partial charge in [-0.3, -0.25) is 0 Å². The molecule has 18 heavy (non-hydrogen) atoms. The molecule has 0 atom stereocenters. The van der Waals surface area contributed by atoms with Gasteiger partial charge in [-0.05, 0) is 30.5 Å². The molecule has 2 aliphatic rings. The summed E-state index contributed by atoms with van der Waals surface area (Å²) < 4.78 is 10.8. The number of hydrogen-bond acceptors (Lipinski definition) is 3. The minimum Gasteiger partial charge on any atom is -0.497 e. The Kier molecular flexibility index (Phi) is 2.83. The largest absolute Gasteiger partial charge is 0.497 e. The molecule has 0 radical (unpaired) electrons. The van der Waals surface area contributed by atoms with Crippen LogP contribution < -0.4 is 4.74 Å². The molecule has 1 aliphatic heterocycles. The van der Waals surface area contributed by atoms with Crippen molar-refractivity contribution in [3.8, 4) is 5.75 Å². The molecule has 1 saturated carbocycles. The zero-order chi connectivity index (χ0) is 12.6. The average Bonchev–Trinajstić information content (AvgIpc) is 2.31. The van der Waals surface area contributed by atoms with E-state index in [0.717, 1.165) is 31.8 Å². The Balaban J connectivity index is 2.00. The van der Waals surface area contributed by atoms with E-state index in [-0.39, 0.29) is 17.4 Å². The fraction of sp³-hybridized carbons (Fsp3) is 0.600. The molecule has 0 unspecified atom stereocenters. The molecule has 1 aliphatic carbocycles. The van der Waals surface area contributed by atoms with Crippen molar-refractivity contribution in [1.82, 2.24) is 0 Å². The Labute approximate surface area is 108 Å². The first-order chi connectivity index (χ1) is 8.76. The van der Waals surface area contributed by atoms with Crippen LogP contribution in [0.5, 0.6) is 5.75 Å². The maximum Gasteiger partial charge on any atom is 0.119 e. The van der Waals surface area contributed by atoms with Crippen LogP contribution in [0, 0.1) is 5.41 Å². The number of ether oxygens (including phenoxy) is 2. The summed E-state index contributed by atoms with van der Waals surface area (Å²) in [6.45, 7) is 1.70. The molecule has 1 saturated heterocycles. The van der Waals surface area contributed by atoms with E-state index in [1.54, 1.807) is 7.11 Å². The van der Waals surface area contributed by atoms with Gasteiger partial charge in [0.2, 0.25) is 0 Å². The molecular weight excluding hydrogens is 228 g/mol. The van der Waals surface area contributed by atoms with Crippen molar-refractivity contribution in [3.63, 3.8) is 0 Å². The van der Waals surface area contributed by atoms with Crippen molar-refractivity contribution in [2.24, 2.45) is 5.41 Å². The van der Waals surface area contributed by atoms with Crippen molar-refractivity contribution >= 4 is 0 Å². The van der Waals surface area contributed by atoms with Crippen molar-refractivity contribution in [3.05, 3.63) is 29.8 Å². The average molecular weight is 248 g/mol. The molecule has 0 aromatic heterocycles. The van der Waals surface area contributed by atoms with Crippen molar-refractivity contribution in [2.75, 3.05) is 26.9 Å². The molecule has 1 N–H and O–H groups in total. The highest BCUT2D eigenvalue weighted by Gasteiger charge is 2.59. The summed E-state index contributed by atoms with van der Waals surface area (Å²) in [5, 5.41) is 9.84. The van der Waals surface area contributed by atoms with E-state index in [1.807, 2.05) is 12.1 Å². The monoisotopic (exact) mass is 248 g/mol. The standard InChI is InChI=1S/C15H20O3/c1-17-13-5-2-4-12(8-13)15(10-18-11-15)14(9-16)6-3-7-14/h2,4-5,8,16H,3,6-7,9-11H2,1H3. The van der Waals surface area contributed by atoms with Gasteiger partial charge in [0, 0.05) is 17.4 Å². The van der Waals surface area contributed by atoms with E-state index in [4.69, 9.17) is 9.47 Å². The summed E-state index contributed by atoms with van der Waals surface area (Å²) in [6.07, 6.45) is 3.42. The second-order valence-corrected chi connectivity index (χ2v) is 5.60. The van der Waals surface area contributed by atoms with E-state index < -0.39 is 0 Å². The SMILES string of the molecule is COc1cccc(C2(C3(CO)CCC3)COC2)c1. The van der Waals surface area contributed by atoms with E-state index in [9.17, 15) is 5.11 Å². The van der Waals surface area contributed by atoms with Gasteiger partial charge >= 0.3 is 0 Å². The predicted molar refractivity (Wildman–Crippen MR) is 68.9 cm³/mol. The minimum atomic E-state index is -0.00542. The first-order valence-electron chi connectivity index (χ1n) is 6.60. The van der Waals surface area contributed by atoms with Gasteiger partial charge in [0.15, 0.2) is 0 Å². The van der Waals surface area contributed by atoms with Gasteiger partial charge in [-0.1, -0.05) is 18.6 Å². The molecule has 3 rings (SSSR count). The van der Waals surface area contributed by atoms with Crippen LogP contribution in [0.4, 0.5) is 0 Å². The van der Waals surface area contributed by atoms with Crippen LogP contribution in [-0.2, 0) is 10.2 Å². The van der Waals surface area contributed by atoms with Gasteiger partial charge in [0.05, 0.1) is 20.3 Å². The molecule has 2 fully saturated rings. The number of hydrogen-bond donors (Lipinski definition) is 1. The Morgan fingerprint density at radius 3 is 2.56 bits per heavy atom. The smallest absolute Gasteiger partial charge is 0.119 e. The van der Waals surface area contributed by atoms with E-state index in [1.165, 1.54) is 12.0 Å². The Bertz CT molecular complexity index is 428. The van der Waals surface area contributed by atoms with Crippen molar-refractivity contribution < 1.29 is 14.6 Å². The third kappa shape index (κ3) is 1.44. The first kappa shape index (κ1) is 12.0. The first-order valence-corrected chi connectivity index (χ1v) is 6.60. The lowest BCUT2D eigenvalue weighted by molar-refractivity contribution is -0.173. The number of benzene rings is 1. The van der Waals surface area contributed by atoms with Crippen LogP contribution in [0.3, 0.4) is 0 Å². The van der Waals surface area contributed by atoms with Crippen LogP contribution in [0.1, 0.15) is 24.8 Å². The van der Waals surface area contributed by atoms with Crippen molar-refractivity contribution in [1.29, 1.82) is 0 Å². The zero-order valence-corrected chi connectivity index (χ0v) is 10.8. The van der Waals surface area contributed by atoms with Crippen LogP contribution >= 0.6 is 0 Å². The van der Waals surface area contributed by atoms with Gasteiger partial charge < -0.3 is 14.6 Å². The third-order valence-corrected chi connectivity index (χ3v) is 4.95. The molecule has 98 valence electrons. The second-order valence-electron chi connectivity index (χ2n) is 5.60.